The molecule has 0 aliphatic rings. The minimum absolute atomic E-state index is 0.392. The Morgan fingerprint density at radius 1 is 1.17 bits per heavy atom. The van der Waals surface area contributed by atoms with Crippen LogP contribution in [-0.2, 0) is 6.54 Å². The van der Waals surface area contributed by atoms with Gasteiger partial charge in [-0.3, -0.25) is 0 Å². The second-order valence-electron chi connectivity index (χ2n) is 5.83. The van der Waals surface area contributed by atoms with Crippen molar-refractivity contribution < 1.29 is 0 Å². The largest absolute Gasteiger partial charge is 0.370 e. The summed E-state index contributed by atoms with van der Waals surface area (Å²) in [4.78, 5) is 8.93. The molecule has 23 heavy (non-hydrogen) atoms. The molecule has 0 fully saturated rings. The van der Waals surface area contributed by atoms with Crippen LogP contribution in [0.2, 0.25) is 0 Å². The van der Waals surface area contributed by atoms with Gasteiger partial charge in [0.2, 0.25) is 0 Å². The van der Waals surface area contributed by atoms with Crippen molar-refractivity contribution in [3.05, 3.63) is 65.1 Å². The monoisotopic (exact) mass is 307 g/mol. The van der Waals surface area contributed by atoms with Crippen molar-refractivity contribution in [3.63, 3.8) is 0 Å². The Morgan fingerprint density at radius 3 is 2.61 bits per heavy atom. The molecule has 5 nitrogen and oxygen atoms in total. The number of aryl methyl sites for hydroxylation is 3. The number of nitrogens with zero attached hydrogens (tertiary/aromatic N) is 3. The molecule has 0 aliphatic heterocycles. The number of aromatic nitrogens is 2. The number of pyridine rings is 1. The number of nitrogens with two attached hydrogens (primary N) is 1. The van der Waals surface area contributed by atoms with Gasteiger partial charge in [0.05, 0.1) is 12.2 Å². The zero-order valence-corrected chi connectivity index (χ0v) is 13.7. The van der Waals surface area contributed by atoms with Crippen molar-refractivity contribution in [1.29, 1.82) is 0 Å². The highest BCUT2D eigenvalue weighted by Gasteiger charge is 2.03. The SMILES string of the molecule is Cc1cc(C)cc(NC(N)=NCc2cn3c(C)cccc3n2)c1. The maximum absolute atomic E-state index is 5.98. The van der Waals surface area contributed by atoms with Crippen LogP contribution < -0.4 is 11.1 Å². The van der Waals surface area contributed by atoms with Gasteiger partial charge >= 0.3 is 0 Å². The Bertz CT molecular complexity index is 856. The van der Waals surface area contributed by atoms with Gasteiger partial charge in [0.1, 0.15) is 5.65 Å². The lowest BCUT2D eigenvalue weighted by Crippen LogP contribution is -2.22. The smallest absolute Gasteiger partial charge is 0.193 e. The fourth-order valence-corrected chi connectivity index (χ4v) is 2.68. The average Bonchev–Trinajstić information content (AvgIpc) is 2.88. The molecule has 2 aromatic heterocycles. The molecule has 2 heterocycles. The number of nitrogens with one attached hydrogen (secondary N) is 1. The van der Waals surface area contributed by atoms with E-state index in [2.05, 4.69) is 52.6 Å². The summed E-state index contributed by atoms with van der Waals surface area (Å²) in [6.07, 6.45) is 2.00. The van der Waals surface area contributed by atoms with E-state index in [1.54, 1.807) is 0 Å². The van der Waals surface area contributed by atoms with Crippen LogP contribution in [0.4, 0.5) is 5.69 Å². The van der Waals surface area contributed by atoms with Crippen LogP contribution in [0, 0.1) is 20.8 Å². The first-order chi connectivity index (χ1) is 11.0. The van der Waals surface area contributed by atoms with Gasteiger partial charge in [-0.1, -0.05) is 12.1 Å². The van der Waals surface area contributed by atoms with E-state index in [0.717, 1.165) is 22.7 Å². The van der Waals surface area contributed by atoms with Crippen molar-refractivity contribution in [2.75, 3.05) is 5.32 Å². The van der Waals surface area contributed by atoms with E-state index in [1.165, 1.54) is 11.1 Å². The number of guanidine groups is 1. The number of rotatable bonds is 3. The average molecular weight is 307 g/mol. The fraction of sp³-hybridized carbons (Fsp3) is 0.222. The van der Waals surface area contributed by atoms with Gasteiger partial charge in [0.25, 0.3) is 0 Å². The highest BCUT2D eigenvalue weighted by Crippen LogP contribution is 2.13. The molecule has 0 radical (unpaired) electrons. The minimum Gasteiger partial charge on any atom is -0.370 e. The van der Waals surface area contributed by atoms with Crippen molar-refractivity contribution in [3.8, 4) is 0 Å². The number of imidazole rings is 1. The van der Waals surface area contributed by atoms with Gasteiger partial charge in [-0.15, -0.1) is 0 Å². The number of hydrogen-bond acceptors (Lipinski definition) is 2. The topological polar surface area (TPSA) is 67.7 Å². The van der Waals surface area contributed by atoms with Crippen LogP contribution >= 0.6 is 0 Å². The normalized spacial score (nSPS) is 11.9. The van der Waals surface area contributed by atoms with Crippen molar-refractivity contribution >= 4 is 17.3 Å². The zero-order chi connectivity index (χ0) is 16.4. The number of benzene rings is 1. The lowest BCUT2D eigenvalue weighted by Gasteiger charge is -2.07. The van der Waals surface area contributed by atoms with E-state index in [-0.39, 0.29) is 0 Å². The Hall–Kier alpha value is -2.82. The van der Waals surface area contributed by atoms with E-state index in [1.807, 2.05) is 30.5 Å². The molecular weight excluding hydrogens is 286 g/mol. The van der Waals surface area contributed by atoms with Crippen molar-refractivity contribution in [2.24, 2.45) is 10.7 Å². The van der Waals surface area contributed by atoms with Gasteiger partial charge in [-0.2, -0.15) is 0 Å². The Kier molecular flexibility index (Phi) is 4.02. The third-order valence-corrected chi connectivity index (χ3v) is 3.65. The van der Waals surface area contributed by atoms with E-state index >= 15 is 0 Å². The molecule has 0 amide bonds. The molecule has 0 spiro atoms. The van der Waals surface area contributed by atoms with Crippen LogP contribution in [0.15, 0.2) is 47.6 Å². The minimum atomic E-state index is 0.392. The number of fused-ring (bicyclic) bond motifs is 1. The standard InChI is InChI=1S/C18H21N5/c1-12-7-13(2)9-15(8-12)22-18(19)20-10-16-11-23-14(3)5-4-6-17(23)21-16/h4-9,11H,10H2,1-3H3,(H3,19,20,22). The Labute approximate surface area is 135 Å². The van der Waals surface area contributed by atoms with Crippen LogP contribution in [0.3, 0.4) is 0 Å². The van der Waals surface area contributed by atoms with Gasteiger partial charge < -0.3 is 15.5 Å². The third kappa shape index (κ3) is 3.51. The quantitative estimate of drug-likeness (QED) is 0.577. The van der Waals surface area contributed by atoms with Gasteiger partial charge in [0, 0.05) is 17.6 Å². The van der Waals surface area contributed by atoms with E-state index in [9.17, 15) is 0 Å². The molecule has 3 rings (SSSR count). The highest BCUT2D eigenvalue weighted by molar-refractivity contribution is 5.92. The molecule has 0 unspecified atom stereocenters. The molecule has 0 aliphatic carbocycles. The second kappa shape index (κ2) is 6.12. The van der Waals surface area contributed by atoms with Crippen LogP contribution in [0.1, 0.15) is 22.5 Å². The molecule has 1 aromatic carbocycles. The molecule has 0 saturated heterocycles. The summed E-state index contributed by atoms with van der Waals surface area (Å²) in [5.41, 5.74) is 12.3. The molecule has 118 valence electrons. The molecule has 0 atom stereocenters. The molecule has 0 bridgehead atoms. The predicted molar refractivity (Wildman–Crippen MR) is 94.8 cm³/mol. The summed E-state index contributed by atoms with van der Waals surface area (Å²) in [5, 5.41) is 3.13. The highest BCUT2D eigenvalue weighted by atomic mass is 15.1. The first kappa shape index (κ1) is 15.1. The Balaban J connectivity index is 1.74. The molecule has 3 aromatic rings. The maximum Gasteiger partial charge on any atom is 0.193 e. The van der Waals surface area contributed by atoms with Crippen LogP contribution in [0.25, 0.3) is 5.65 Å². The third-order valence-electron chi connectivity index (χ3n) is 3.65. The summed E-state index contributed by atoms with van der Waals surface area (Å²) >= 11 is 0. The van der Waals surface area contributed by atoms with Gasteiger partial charge in [0.15, 0.2) is 5.96 Å². The first-order valence-corrected chi connectivity index (χ1v) is 7.60. The van der Waals surface area contributed by atoms with E-state index < -0.39 is 0 Å². The fourth-order valence-electron chi connectivity index (χ4n) is 2.68. The number of aliphatic imine (C=N–C) groups is 1. The Morgan fingerprint density at radius 2 is 1.91 bits per heavy atom. The lowest BCUT2D eigenvalue weighted by atomic mass is 10.1. The number of hydrogen-bond donors (Lipinski definition) is 2. The summed E-state index contributed by atoms with van der Waals surface area (Å²) in [5.74, 6) is 0.392. The summed E-state index contributed by atoms with van der Waals surface area (Å²) < 4.78 is 2.05. The van der Waals surface area contributed by atoms with Gasteiger partial charge in [-0.05, 0) is 56.2 Å². The molecule has 0 saturated carbocycles. The van der Waals surface area contributed by atoms with Crippen molar-refractivity contribution in [1.82, 2.24) is 9.38 Å². The summed E-state index contributed by atoms with van der Waals surface area (Å²) in [7, 11) is 0. The molecule has 5 heteroatoms. The maximum atomic E-state index is 5.98. The number of anilines is 1. The second-order valence-corrected chi connectivity index (χ2v) is 5.83. The van der Waals surface area contributed by atoms with Crippen LogP contribution in [-0.4, -0.2) is 15.3 Å². The van der Waals surface area contributed by atoms with E-state index in [4.69, 9.17) is 5.73 Å². The lowest BCUT2D eigenvalue weighted by molar-refractivity contribution is 1.00. The first-order valence-electron chi connectivity index (χ1n) is 7.60. The summed E-state index contributed by atoms with van der Waals surface area (Å²) in [6.45, 7) is 6.62. The van der Waals surface area contributed by atoms with Crippen molar-refractivity contribution in [2.45, 2.75) is 27.3 Å². The molecule has 3 N–H and O–H groups in total. The molecular formula is C18H21N5. The van der Waals surface area contributed by atoms with E-state index in [0.29, 0.717) is 12.5 Å². The summed E-state index contributed by atoms with van der Waals surface area (Å²) in [6, 6.07) is 12.3. The van der Waals surface area contributed by atoms with Crippen LogP contribution in [0.5, 0.6) is 0 Å². The van der Waals surface area contributed by atoms with Gasteiger partial charge in [-0.25, -0.2) is 9.98 Å². The predicted octanol–water partition coefficient (Wildman–Crippen LogP) is 3.19. The zero-order valence-electron chi connectivity index (χ0n) is 13.7.